The van der Waals surface area contributed by atoms with Crippen LogP contribution in [0.1, 0.15) is 39.5 Å². The maximum atomic E-state index is 13.1. The number of aryl methyl sites for hydroxylation is 3. The third-order valence-electron chi connectivity index (χ3n) is 6.10. The molecule has 0 atom stereocenters. The maximum Gasteiger partial charge on any atom is 0.231 e. The molecule has 0 aliphatic carbocycles. The predicted octanol–water partition coefficient (Wildman–Crippen LogP) is 6.48. The molecule has 0 fully saturated rings. The highest BCUT2D eigenvalue weighted by molar-refractivity contribution is 6.14. The van der Waals surface area contributed by atoms with Gasteiger partial charge in [0.25, 0.3) is 0 Å². The number of ether oxygens (including phenoxy) is 2. The zero-order valence-corrected chi connectivity index (χ0v) is 19.8. The molecule has 0 saturated heterocycles. The number of rotatable bonds is 5. The highest BCUT2D eigenvalue weighted by Gasteiger charge is 2.29. The van der Waals surface area contributed by atoms with E-state index in [9.17, 15) is 4.79 Å². The lowest BCUT2D eigenvalue weighted by Crippen LogP contribution is -1.98. The van der Waals surface area contributed by atoms with Gasteiger partial charge in [0.2, 0.25) is 5.78 Å². The number of allylic oxidation sites excluding steroid dienone is 1. The fraction of sp³-hybridized carbons (Fsp3) is 0.172. The van der Waals surface area contributed by atoms with Crippen LogP contribution in [0.2, 0.25) is 0 Å². The molecule has 5 nitrogen and oxygen atoms in total. The number of benzene rings is 3. The van der Waals surface area contributed by atoms with E-state index in [0.29, 0.717) is 23.7 Å². The highest BCUT2D eigenvalue weighted by Crippen LogP contribution is 2.36. The SMILES string of the molecule is CCOc1ccc(-c2nn(-c3ccccc3)cc2/C=C2\Oc3cc(C)c(C)cc3C2=O)c(C)c1. The average Bonchev–Trinajstić information content (AvgIpc) is 3.37. The number of para-hydroxylation sites is 1. The van der Waals surface area contributed by atoms with Gasteiger partial charge < -0.3 is 9.47 Å². The summed E-state index contributed by atoms with van der Waals surface area (Å²) in [4.78, 5) is 13.1. The lowest BCUT2D eigenvalue weighted by Gasteiger charge is -2.08. The highest BCUT2D eigenvalue weighted by atomic mass is 16.5. The Hall–Kier alpha value is -4.12. The van der Waals surface area contributed by atoms with Gasteiger partial charge in [0, 0.05) is 17.3 Å². The molecular formula is C29H26N2O3. The molecule has 0 saturated carbocycles. The largest absolute Gasteiger partial charge is 0.494 e. The number of fused-ring (bicyclic) bond motifs is 1. The van der Waals surface area contributed by atoms with Gasteiger partial charge in [0.15, 0.2) is 5.76 Å². The van der Waals surface area contributed by atoms with E-state index >= 15 is 0 Å². The molecule has 4 aromatic rings. The van der Waals surface area contributed by atoms with Crippen molar-refractivity contribution in [1.82, 2.24) is 9.78 Å². The van der Waals surface area contributed by atoms with Gasteiger partial charge in [0.1, 0.15) is 17.2 Å². The van der Waals surface area contributed by atoms with Crippen molar-refractivity contribution in [3.8, 4) is 28.4 Å². The van der Waals surface area contributed by atoms with Gasteiger partial charge in [-0.25, -0.2) is 4.68 Å². The Labute approximate surface area is 199 Å². The number of hydrogen-bond acceptors (Lipinski definition) is 4. The number of hydrogen-bond donors (Lipinski definition) is 0. The predicted molar refractivity (Wildman–Crippen MR) is 134 cm³/mol. The molecule has 5 heteroatoms. The first-order valence-electron chi connectivity index (χ1n) is 11.4. The molecule has 34 heavy (non-hydrogen) atoms. The van der Waals surface area contributed by atoms with E-state index < -0.39 is 0 Å². The van der Waals surface area contributed by atoms with Crippen molar-refractivity contribution in [3.63, 3.8) is 0 Å². The fourth-order valence-corrected chi connectivity index (χ4v) is 4.16. The van der Waals surface area contributed by atoms with E-state index in [1.807, 2.05) is 99.2 Å². The number of carbonyl (C=O) groups excluding carboxylic acids is 1. The van der Waals surface area contributed by atoms with E-state index in [1.54, 1.807) is 6.08 Å². The van der Waals surface area contributed by atoms with Crippen LogP contribution >= 0.6 is 0 Å². The summed E-state index contributed by atoms with van der Waals surface area (Å²) in [5.74, 6) is 1.62. The summed E-state index contributed by atoms with van der Waals surface area (Å²) in [5, 5.41) is 4.90. The Bertz CT molecular complexity index is 1430. The van der Waals surface area contributed by atoms with Gasteiger partial charge in [-0.15, -0.1) is 0 Å². The molecular weight excluding hydrogens is 424 g/mol. The van der Waals surface area contributed by atoms with Crippen LogP contribution in [0.4, 0.5) is 0 Å². The lowest BCUT2D eigenvalue weighted by atomic mass is 10.0. The molecule has 1 aliphatic rings. The number of ketones is 1. The quantitative estimate of drug-likeness (QED) is 0.327. The number of nitrogens with zero attached hydrogens (tertiary/aromatic N) is 2. The monoisotopic (exact) mass is 450 g/mol. The van der Waals surface area contributed by atoms with Gasteiger partial charge in [-0.2, -0.15) is 5.10 Å². The molecule has 0 N–H and O–H groups in total. The van der Waals surface area contributed by atoms with E-state index in [2.05, 4.69) is 0 Å². The molecule has 3 aromatic carbocycles. The van der Waals surface area contributed by atoms with Crippen molar-refractivity contribution < 1.29 is 14.3 Å². The average molecular weight is 451 g/mol. The first-order chi connectivity index (χ1) is 16.4. The van der Waals surface area contributed by atoms with Crippen LogP contribution in [-0.4, -0.2) is 22.2 Å². The standard InChI is InChI=1S/C29H26N2O3/c1-5-33-23-11-12-24(20(4)13-23)28-21(17-31(30-28)22-9-7-6-8-10-22)16-27-29(32)25-14-18(2)19(3)15-26(25)34-27/h6-17H,5H2,1-4H3/b27-16-. The molecule has 0 radical (unpaired) electrons. The topological polar surface area (TPSA) is 53.4 Å². The van der Waals surface area contributed by atoms with Gasteiger partial charge in [-0.1, -0.05) is 18.2 Å². The Balaban J connectivity index is 1.62. The molecule has 2 heterocycles. The lowest BCUT2D eigenvalue weighted by molar-refractivity contribution is 0.101. The van der Waals surface area contributed by atoms with Crippen LogP contribution in [0, 0.1) is 20.8 Å². The van der Waals surface area contributed by atoms with Crippen molar-refractivity contribution in [3.05, 3.63) is 100 Å². The van der Waals surface area contributed by atoms with Gasteiger partial charge in [0.05, 0.1) is 17.9 Å². The second-order valence-corrected chi connectivity index (χ2v) is 8.50. The summed E-state index contributed by atoms with van der Waals surface area (Å²) in [7, 11) is 0. The zero-order chi connectivity index (χ0) is 23.8. The van der Waals surface area contributed by atoms with Crippen LogP contribution in [0.15, 0.2) is 72.6 Å². The second kappa shape index (κ2) is 8.67. The summed E-state index contributed by atoms with van der Waals surface area (Å²) in [6.07, 6.45) is 3.73. The van der Waals surface area contributed by atoms with Crippen LogP contribution < -0.4 is 9.47 Å². The summed E-state index contributed by atoms with van der Waals surface area (Å²) in [6, 6.07) is 19.7. The minimum absolute atomic E-state index is 0.111. The fourth-order valence-electron chi connectivity index (χ4n) is 4.16. The molecule has 1 aliphatic heterocycles. The van der Waals surface area contributed by atoms with E-state index in [4.69, 9.17) is 14.6 Å². The summed E-state index contributed by atoms with van der Waals surface area (Å²) in [6.45, 7) is 8.63. The Morgan fingerprint density at radius 2 is 1.71 bits per heavy atom. The summed E-state index contributed by atoms with van der Waals surface area (Å²) >= 11 is 0. The van der Waals surface area contributed by atoms with Crippen molar-refractivity contribution in [2.45, 2.75) is 27.7 Å². The van der Waals surface area contributed by atoms with E-state index in [1.165, 1.54) is 0 Å². The van der Waals surface area contributed by atoms with Gasteiger partial charge in [-0.05, 0) is 92.9 Å². The summed E-state index contributed by atoms with van der Waals surface area (Å²) < 4.78 is 13.5. The van der Waals surface area contributed by atoms with Crippen molar-refractivity contribution >= 4 is 11.9 Å². The van der Waals surface area contributed by atoms with Crippen LogP contribution in [0.25, 0.3) is 23.0 Å². The number of carbonyl (C=O) groups is 1. The zero-order valence-electron chi connectivity index (χ0n) is 19.8. The molecule has 0 spiro atoms. The molecule has 1 aromatic heterocycles. The molecule has 0 bridgehead atoms. The number of aromatic nitrogens is 2. The van der Waals surface area contributed by atoms with Crippen LogP contribution in [-0.2, 0) is 0 Å². The summed E-state index contributed by atoms with van der Waals surface area (Å²) in [5.41, 5.74) is 7.29. The first-order valence-corrected chi connectivity index (χ1v) is 11.4. The maximum absolute atomic E-state index is 13.1. The van der Waals surface area contributed by atoms with Crippen molar-refractivity contribution in [2.75, 3.05) is 6.61 Å². The van der Waals surface area contributed by atoms with Crippen LogP contribution in [0.5, 0.6) is 11.5 Å². The molecule has 0 amide bonds. The normalized spacial score (nSPS) is 13.8. The first kappa shape index (κ1) is 21.7. The molecule has 5 rings (SSSR count). The Morgan fingerprint density at radius 1 is 0.941 bits per heavy atom. The Kier molecular flexibility index (Phi) is 5.54. The third kappa shape index (κ3) is 3.90. The minimum atomic E-state index is -0.111. The molecule has 170 valence electrons. The van der Waals surface area contributed by atoms with Crippen LogP contribution in [0.3, 0.4) is 0 Å². The Morgan fingerprint density at radius 3 is 2.44 bits per heavy atom. The van der Waals surface area contributed by atoms with Gasteiger partial charge >= 0.3 is 0 Å². The van der Waals surface area contributed by atoms with E-state index in [-0.39, 0.29) is 5.78 Å². The second-order valence-electron chi connectivity index (χ2n) is 8.50. The molecule has 0 unspecified atom stereocenters. The van der Waals surface area contributed by atoms with Crippen molar-refractivity contribution in [2.24, 2.45) is 0 Å². The smallest absolute Gasteiger partial charge is 0.231 e. The third-order valence-corrected chi connectivity index (χ3v) is 6.10. The van der Waals surface area contributed by atoms with Crippen molar-refractivity contribution in [1.29, 1.82) is 0 Å². The van der Waals surface area contributed by atoms with Gasteiger partial charge in [-0.3, -0.25) is 4.79 Å². The van der Waals surface area contributed by atoms with E-state index in [0.717, 1.165) is 44.9 Å². The number of Topliss-reactive ketones (excluding diaryl/α,β-unsaturated/α-hetero) is 1. The minimum Gasteiger partial charge on any atom is -0.494 e.